The molecule has 0 aliphatic carbocycles. The number of carbonyl (C=O) groups excluding carboxylic acids is 3. The summed E-state index contributed by atoms with van der Waals surface area (Å²) in [6.07, 6.45) is 78.2. The Morgan fingerprint density at radius 2 is 0.549 bits per heavy atom. The van der Waals surface area contributed by atoms with Crippen molar-refractivity contribution in [2.24, 2.45) is 0 Å². The van der Waals surface area contributed by atoms with E-state index in [1.807, 2.05) is 0 Å². The van der Waals surface area contributed by atoms with Gasteiger partial charge < -0.3 is 14.2 Å². The van der Waals surface area contributed by atoms with E-state index in [1.165, 1.54) is 128 Å². The monoisotopic (exact) mass is 987 g/mol. The van der Waals surface area contributed by atoms with Gasteiger partial charge in [0.05, 0.1) is 0 Å². The lowest BCUT2D eigenvalue weighted by Crippen LogP contribution is -2.30. The quantitative estimate of drug-likeness (QED) is 0.0261. The smallest absolute Gasteiger partial charge is 0.306 e. The number of unbranched alkanes of at least 4 members (excludes halogenated alkanes) is 26. The zero-order chi connectivity index (χ0) is 51.4. The molecule has 0 amide bonds. The summed E-state index contributed by atoms with van der Waals surface area (Å²) in [5.74, 6) is -0.934. The van der Waals surface area contributed by atoms with Crippen molar-refractivity contribution in [1.29, 1.82) is 0 Å². The Kier molecular flexibility index (Phi) is 55.9. The van der Waals surface area contributed by atoms with Crippen LogP contribution in [0.5, 0.6) is 0 Å². The van der Waals surface area contributed by atoms with Crippen LogP contribution < -0.4 is 0 Å². The van der Waals surface area contributed by atoms with Gasteiger partial charge in [-0.25, -0.2) is 0 Å². The molecule has 0 heterocycles. The molecule has 0 saturated carbocycles. The van der Waals surface area contributed by atoms with Gasteiger partial charge in [-0.05, 0) is 122 Å². The molecule has 0 aromatic rings. The van der Waals surface area contributed by atoms with E-state index in [2.05, 4.69) is 118 Å². The highest BCUT2D eigenvalue weighted by Crippen LogP contribution is 2.15. The van der Waals surface area contributed by atoms with Crippen molar-refractivity contribution < 1.29 is 28.6 Å². The second-order valence-corrected chi connectivity index (χ2v) is 19.5. The first-order valence-corrected chi connectivity index (χ1v) is 29.7. The number of hydrogen-bond donors (Lipinski definition) is 0. The average molecular weight is 988 g/mol. The molecule has 0 aromatic heterocycles. The van der Waals surface area contributed by atoms with Crippen LogP contribution in [0.15, 0.2) is 97.2 Å². The minimum Gasteiger partial charge on any atom is -0.462 e. The second-order valence-electron chi connectivity index (χ2n) is 19.5. The van der Waals surface area contributed by atoms with E-state index in [4.69, 9.17) is 14.2 Å². The molecule has 1 atom stereocenters. The molecule has 6 heteroatoms. The summed E-state index contributed by atoms with van der Waals surface area (Å²) in [5, 5.41) is 0. The molecule has 71 heavy (non-hydrogen) atoms. The van der Waals surface area contributed by atoms with Gasteiger partial charge in [0.15, 0.2) is 6.10 Å². The van der Waals surface area contributed by atoms with E-state index in [0.29, 0.717) is 19.3 Å². The Bertz CT molecular complexity index is 1410. The Morgan fingerprint density at radius 1 is 0.296 bits per heavy atom. The van der Waals surface area contributed by atoms with Gasteiger partial charge in [-0.15, -0.1) is 0 Å². The highest BCUT2D eigenvalue weighted by Gasteiger charge is 2.19. The fraction of sp³-hybridized carbons (Fsp3) is 0.708. The first kappa shape index (κ1) is 67.3. The van der Waals surface area contributed by atoms with Gasteiger partial charge in [0.2, 0.25) is 0 Å². The molecule has 0 aromatic carbocycles. The molecule has 6 nitrogen and oxygen atoms in total. The lowest BCUT2D eigenvalue weighted by molar-refractivity contribution is -0.167. The van der Waals surface area contributed by atoms with E-state index < -0.39 is 6.10 Å². The summed E-state index contributed by atoms with van der Waals surface area (Å²) >= 11 is 0. The molecule has 0 fully saturated rings. The first-order valence-electron chi connectivity index (χ1n) is 29.7. The summed E-state index contributed by atoms with van der Waals surface area (Å²) in [6.45, 7) is 6.47. The Balaban J connectivity index is 4.47. The molecule has 406 valence electrons. The standard InChI is InChI=1S/C65H110O6/c1-4-7-10-13-16-19-22-25-28-31-32-35-37-40-43-46-49-52-55-58-64(67)70-61-62(71-65(68)59-56-53-50-47-44-41-38-34-30-27-24-21-18-15-12-9-6-3)60-69-63(66)57-54-51-48-45-42-39-36-33-29-26-23-20-17-14-11-8-5-2/h7,10,16,18-19,21,25-30,32,35,40,43,62H,4-6,8-9,11-15,17,20,22-24,31,33-34,36-39,41-42,44-61H2,1-3H3/b10-7-,19-16-,21-18-,28-25-,29-26-,30-27-,35-32-,43-40-/t62-/m0/s1. The van der Waals surface area contributed by atoms with Crippen LogP contribution in [-0.2, 0) is 28.6 Å². The van der Waals surface area contributed by atoms with Gasteiger partial charge in [-0.2, -0.15) is 0 Å². The van der Waals surface area contributed by atoms with Crippen molar-refractivity contribution >= 4 is 17.9 Å². The highest BCUT2D eigenvalue weighted by atomic mass is 16.6. The van der Waals surface area contributed by atoms with Gasteiger partial charge in [-0.3, -0.25) is 14.4 Å². The van der Waals surface area contributed by atoms with Gasteiger partial charge in [0, 0.05) is 19.3 Å². The molecule has 0 aliphatic rings. The minimum atomic E-state index is -0.799. The van der Waals surface area contributed by atoms with E-state index >= 15 is 0 Å². The number of esters is 3. The number of rotatable bonds is 53. The summed E-state index contributed by atoms with van der Waals surface area (Å²) in [7, 11) is 0. The van der Waals surface area contributed by atoms with Crippen LogP contribution in [0.2, 0.25) is 0 Å². The predicted octanol–water partition coefficient (Wildman–Crippen LogP) is 20.1. The molecule has 0 rings (SSSR count). The Morgan fingerprint density at radius 3 is 0.915 bits per heavy atom. The Labute approximate surface area is 438 Å². The van der Waals surface area contributed by atoms with Gasteiger partial charge in [0.1, 0.15) is 13.2 Å². The number of carbonyl (C=O) groups is 3. The van der Waals surface area contributed by atoms with Crippen LogP contribution in [0, 0.1) is 0 Å². The van der Waals surface area contributed by atoms with E-state index in [1.54, 1.807) is 0 Å². The second kappa shape index (κ2) is 58.9. The van der Waals surface area contributed by atoms with Crippen molar-refractivity contribution in [2.75, 3.05) is 13.2 Å². The van der Waals surface area contributed by atoms with Crippen molar-refractivity contribution in [2.45, 2.75) is 284 Å². The summed E-state index contributed by atoms with van der Waals surface area (Å²) in [5.41, 5.74) is 0. The number of hydrogen-bond acceptors (Lipinski definition) is 6. The van der Waals surface area contributed by atoms with Crippen LogP contribution in [-0.4, -0.2) is 37.2 Å². The van der Waals surface area contributed by atoms with Crippen LogP contribution >= 0.6 is 0 Å². The zero-order valence-electron chi connectivity index (χ0n) is 46.5. The molecule has 0 aliphatic heterocycles. The van der Waals surface area contributed by atoms with Crippen molar-refractivity contribution in [3.8, 4) is 0 Å². The third kappa shape index (κ3) is 57.1. The van der Waals surface area contributed by atoms with Crippen molar-refractivity contribution in [1.82, 2.24) is 0 Å². The molecule has 0 bridgehead atoms. The predicted molar refractivity (Wildman–Crippen MR) is 307 cm³/mol. The summed E-state index contributed by atoms with van der Waals surface area (Å²) < 4.78 is 16.9. The third-order valence-electron chi connectivity index (χ3n) is 12.5. The Hall–Kier alpha value is -3.67. The fourth-order valence-electron chi connectivity index (χ4n) is 8.08. The molecule has 0 radical (unpaired) electrons. The summed E-state index contributed by atoms with van der Waals surface area (Å²) in [6, 6.07) is 0. The normalized spacial score (nSPS) is 12.8. The summed E-state index contributed by atoms with van der Waals surface area (Å²) in [4.78, 5) is 38.2. The number of ether oxygens (including phenoxy) is 3. The lowest BCUT2D eigenvalue weighted by atomic mass is 10.1. The minimum absolute atomic E-state index is 0.0938. The van der Waals surface area contributed by atoms with Gasteiger partial charge >= 0.3 is 17.9 Å². The maximum Gasteiger partial charge on any atom is 0.306 e. The van der Waals surface area contributed by atoms with Crippen LogP contribution in [0.1, 0.15) is 278 Å². The third-order valence-corrected chi connectivity index (χ3v) is 12.5. The zero-order valence-corrected chi connectivity index (χ0v) is 46.5. The first-order chi connectivity index (χ1) is 35.0. The molecule has 0 saturated heterocycles. The van der Waals surface area contributed by atoms with E-state index in [9.17, 15) is 14.4 Å². The molecular formula is C65H110O6. The highest BCUT2D eigenvalue weighted by molar-refractivity contribution is 5.71. The topological polar surface area (TPSA) is 78.9 Å². The maximum absolute atomic E-state index is 12.9. The number of allylic oxidation sites excluding steroid dienone is 16. The SMILES string of the molecule is CC/C=C\C/C=C\C/C=C\C/C=C\C/C=C\CCCCCC(=O)OC[C@H](COC(=O)CCCCCCCCC/C=C\CCCCCCCC)OC(=O)CCCCCCCCC/C=C\C/C=C\CCCCC. The maximum atomic E-state index is 12.9. The average Bonchev–Trinajstić information content (AvgIpc) is 3.37. The van der Waals surface area contributed by atoms with Gasteiger partial charge in [0.25, 0.3) is 0 Å². The molecule has 0 unspecified atom stereocenters. The largest absolute Gasteiger partial charge is 0.462 e. The van der Waals surface area contributed by atoms with Crippen LogP contribution in [0.25, 0.3) is 0 Å². The fourth-order valence-corrected chi connectivity index (χ4v) is 8.08. The lowest BCUT2D eigenvalue weighted by Gasteiger charge is -2.18. The molecule has 0 spiro atoms. The van der Waals surface area contributed by atoms with Crippen molar-refractivity contribution in [3.05, 3.63) is 97.2 Å². The van der Waals surface area contributed by atoms with Crippen LogP contribution in [0.3, 0.4) is 0 Å². The molecular weight excluding hydrogens is 877 g/mol. The molecule has 0 N–H and O–H groups in total. The van der Waals surface area contributed by atoms with Crippen LogP contribution in [0.4, 0.5) is 0 Å². The van der Waals surface area contributed by atoms with E-state index in [0.717, 1.165) is 109 Å². The van der Waals surface area contributed by atoms with Crippen molar-refractivity contribution in [3.63, 3.8) is 0 Å². The van der Waals surface area contributed by atoms with E-state index in [-0.39, 0.29) is 31.1 Å². The van der Waals surface area contributed by atoms with Gasteiger partial charge in [-0.1, -0.05) is 234 Å².